The fourth-order valence-electron chi connectivity index (χ4n) is 2.35. The van der Waals surface area contributed by atoms with Gasteiger partial charge in [-0.25, -0.2) is 4.79 Å². The van der Waals surface area contributed by atoms with Crippen LogP contribution in [0.25, 0.3) is 0 Å². The summed E-state index contributed by atoms with van der Waals surface area (Å²) in [6, 6.07) is -2.31. The third kappa shape index (κ3) is 5.38. The van der Waals surface area contributed by atoms with Crippen molar-refractivity contribution in [2.24, 2.45) is 0 Å². The van der Waals surface area contributed by atoms with E-state index in [1.807, 2.05) is 0 Å². The minimum Gasteiger partial charge on any atom is -0.338 e. The van der Waals surface area contributed by atoms with Crippen LogP contribution in [0.15, 0.2) is 0 Å². The second-order valence-electron chi connectivity index (χ2n) is 5.37. The van der Waals surface area contributed by atoms with E-state index in [0.717, 1.165) is 4.90 Å². The van der Waals surface area contributed by atoms with Gasteiger partial charge in [-0.2, -0.15) is 13.2 Å². The number of urea groups is 1. The molecule has 0 radical (unpaired) electrons. The molecule has 1 heterocycles. The molecule has 0 unspecified atom stereocenters. The maximum absolute atomic E-state index is 12.4. The van der Waals surface area contributed by atoms with E-state index in [1.54, 1.807) is 6.92 Å². The average molecular weight is 338 g/mol. The van der Waals surface area contributed by atoms with Crippen LogP contribution in [-0.2, 0) is 9.59 Å². The first-order chi connectivity index (χ1) is 10.6. The van der Waals surface area contributed by atoms with Crippen LogP contribution in [0.2, 0.25) is 0 Å². The lowest BCUT2D eigenvalue weighted by Gasteiger charge is -2.28. The number of nitrogens with zero attached hydrogens (tertiary/aromatic N) is 2. The number of carbonyl (C=O) groups is 3. The highest BCUT2D eigenvalue weighted by Crippen LogP contribution is 2.23. The molecule has 1 aliphatic rings. The van der Waals surface area contributed by atoms with Crippen LogP contribution in [0.3, 0.4) is 0 Å². The summed E-state index contributed by atoms with van der Waals surface area (Å²) >= 11 is 0. The van der Waals surface area contributed by atoms with Crippen molar-refractivity contribution in [3.63, 3.8) is 0 Å². The minimum atomic E-state index is -4.45. The molecule has 0 aromatic carbocycles. The molecule has 2 atom stereocenters. The lowest BCUT2D eigenvalue weighted by Crippen LogP contribution is -2.53. The van der Waals surface area contributed by atoms with Crippen molar-refractivity contribution in [3.05, 3.63) is 0 Å². The summed E-state index contributed by atoms with van der Waals surface area (Å²) in [7, 11) is 1.47. The predicted octanol–water partition coefficient (Wildman–Crippen LogP) is 0.316. The highest BCUT2D eigenvalue weighted by atomic mass is 19.4. The highest BCUT2D eigenvalue weighted by molar-refractivity contribution is 5.97. The van der Waals surface area contributed by atoms with Crippen LogP contribution in [0.1, 0.15) is 20.3 Å². The second kappa shape index (κ2) is 7.62. The van der Waals surface area contributed by atoms with E-state index < -0.39 is 42.7 Å². The van der Waals surface area contributed by atoms with Crippen molar-refractivity contribution in [2.45, 2.75) is 38.5 Å². The quantitative estimate of drug-likeness (QED) is 0.756. The number of rotatable bonds is 5. The Hall–Kier alpha value is -1.84. The highest BCUT2D eigenvalue weighted by Gasteiger charge is 2.42. The van der Waals surface area contributed by atoms with E-state index in [1.165, 1.54) is 18.9 Å². The first-order valence-electron chi connectivity index (χ1n) is 7.23. The average Bonchev–Trinajstić information content (AvgIpc) is 2.76. The fraction of sp³-hybridized carbons (Fsp3) is 0.769. The Balaban J connectivity index is 2.63. The number of nitrogens with one attached hydrogen (secondary N) is 2. The number of imide groups is 1. The topological polar surface area (TPSA) is 81.8 Å². The normalized spacial score (nSPS) is 19.9. The third-order valence-electron chi connectivity index (χ3n) is 3.70. The Morgan fingerprint density at radius 2 is 2.04 bits per heavy atom. The molecule has 1 aliphatic heterocycles. The molecule has 0 saturated carbocycles. The molecule has 23 heavy (non-hydrogen) atoms. The zero-order valence-corrected chi connectivity index (χ0v) is 13.2. The first kappa shape index (κ1) is 19.2. The number of amides is 4. The maximum atomic E-state index is 12.4. The summed E-state index contributed by atoms with van der Waals surface area (Å²) in [4.78, 5) is 37.4. The lowest BCUT2D eigenvalue weighted by molar-refractivity contribution is -0.159. The third-order valence-corrected chi connectivity index (χ3v) is 3.70. The summed E-state index contributed by atoms with van der Waals surface area (Å²) in [6.07, 6.45) is -4.26. The second-order valence-corrected chi connectivity index (χ2v) is 5.37. The van der Waals surface area contributed by atoms with Crippen molar-refractivity contribution in [1.82, 2.24) is 20.4 Å². The number of likely N-dealkylation sites (N-methyl/N-ethyl adjacent to an activating group) is 1. The van der Waals surface area contributed by atoms with Crippen LogP contribution in [-0.4, -0.2) is 72.6 Å². The standard InChI is InChI=1S/C13H21F3N4O3/c1-4-17-12(23)18-10(21)8(2)19(3)9-5-6-20(11(9)22)7-13(14,15)16/h8-9H,4-7H2,1-3H3,(H2,17,18,21,23)/t8-,9-/m1/s1. The van der Waals surface area contributed by atoms with Gasteiger partial charge in [0.15, 0.2) is 0 Å². The Bertz CT molecular complexity index is 470. The SMILES string of the molecule is CCNC(=O)NC(=O)[C@@H](C)N(C)[C@@H]1CCN(CC(F)(F)F)C1=O. The molecule has 1 rings (SSSR count). The number of hydrogen-bond donors (Lipinski definition) is 2. The molecule has 0 aromatic rings. The van der Waals surface area contributed by atoms with E-state index in [9.17, 15) is 27.6 Å². The minimum absolute atomic E-state index is 0.0159. The van der Waals surface area contributed by atoms with Crippen molar-refractivity contribution < 1.29 is 27.6 Å². The number of likely N-dealkylation sites (tertiary alicyclic amines) is 1. The van der Waals surface area contributed by atoms with Crippen LogP contribution in [0, 0.1) is 0 Å². The molecule has 0 aliphatic carbocycles. The Labute approximate surface area is 132 Å². The number of hydrogen-bond acceptors (Lipinski definition) is 4. The van der Waals surface area contributed by atoms with Gasteiger partial charge in [0, 0.05) is 13.1 Å². The van der Waals surface area contributed by atoms with Crippen LogP contribution in [0.5, 0.6) is 0 Å². The maximum Gasteiger partial charge on any atom is 0.406 e. The van der Waals surface area contributed by atoms with E-state index in [-0.39, 0.29) is 13.0 Å². The van der Waals surface area contributed by atoms with Crippen molar-refractivity contribution in [3.8, 4) is 0 Å². The van der Waals surface area contributed by atoms with Gasteiger partial charge in [0.05, 0.1) is 12.1 Å². The fourth-order valence-corrected chi connectivity index (χ4v) is 2.35. The summed E-state index contributed by atoms with van der Waals surface area (Å²) in [6.45, 7) is 2.20. The number of halogens is 3. The van der Waals surface area contributed by atoms with Gasteiger partial charge >= 0.3 is 12.2 Å². The zero-order chi connectivity index (χ0) is 17.8. The van der Waals surface area contributed by atoms with Crippen LogP contribution < -0.4 is 10.6 Å². The zero-order valence-electron chi connectivity index (χ0n) is 13.2. The van der Waals surface area contributed by atoms with E-state index in [2.05, 4.69) is 10.6 Å². The summed E-state index contributed by atoms with van der Waals surface area (Å²) in [5, 5.41) is 4.51. The van der Waals surface area contributed by atoms with Crippen LogP contribution >= 0.6 is 0 Å². The largest absolute Gasteiger partial charge is 0.406 e. The van der Waals surface area contributed by atoms with E-state index in [0.29, 0.717) is 6.54 Å². The summed E-state index contributed by atoms with van der Waals surface area (Å²) in [5.74, 6) is -1.29. The molecule has 0 aromatic heterocycles. The molecular weight excluding hydrogens is 317 g/mol. The van der Waals surface area contributed by atoms with Crippen molar-refractivity contribution in [2.75, 3.05) is 26.7 Å². The van der Waals surface area contributed by atoms with Crippen LogP contribution in [0.4, 0.5) is 18.0 Å². The van der Waals surface area contributed by atoms with Gasteiger partial charge in [0.2, 0.25) is 11.8 Å². The Kier molecular flexibility index (Phi) is 6.37. The molecule has 1 fully saturated rings. The predicted molar refractivity (Wildman–Crippen MR) is 75.5 cm³/mol. The van der Waals surface area contributed by atoms with Gasteiger partial charge in [-0.15, -0.1) is 0 Å². The molecule has 4 amide bonds. The molecule has 132 valence electrons. The smallest absolute Gasteiger partial charge is 0.338 e. The summed E-state index contributed by atoms with van der Waals surface area (Å²) in [5.41, 5.74) is 0. The molecule has 10 heteroatoms. The van der Waals surface area contributed by atoms with Gasteiger partial charge < -0.3 is 10.2 Å². The molecule has 2 N–H and O–H groups in total. The number of carbonyl (C=O) groups excluding carboxylic acids is 3. The monoisotopic (exact) mass is 338 g/mol. The lowest BCUT2D eigenvalue weighted by atomic mass is 10.1. The Morgan fingerprint density at radius 3 is 2.57 bits per heavy atom. The van der Waals surface area contributed by atoms with Crippen molar-refractivity contribution >= 4 is 17.8 Å². The first-order valence-corrected chi connectivity index (χ1v) is 7.23. The van der Waals surface area contributed by atoms with Gasteiger partial charge in [-0.05, 0) is 27.3 Å². The Morgan fingerprint density at radius 1 is 1.43 bits per heavy atom. The van der Waals surface area contributed by atoms with Gasteiger partial charge in [0.1, 0.15) is 6.54 Å². The van der Waals surface area contributed by atoms with Gasteiger partial charge in [-0.1, -0.05) is 0 Å². The van der Waals surface area contributed by atoms with Gasteiger partial charge in [-0.3, -0.25) is 19.8 Å². The van der Waals surface area contributed by atoms with E-state index >= 15 is 0 Å². The molecular formula is C13H21F3N4O3. The van der Waals surface area contributed by atoms with E-state index in [4.69, 9.17) is 0 Å². The van der Waals surface area contributed by atoms with Crippen molar-refractivity contribution in [1.29, 1.82) is 0 Å². The van der Waals surface area contributed by atoms with Gasteiger partial charge in [0.25, 0.3) is 0 Å². The number of alkyl halides is 3. The molecule has 7 nitrogen and oxygen atoms in total. The molecule has 0 bridgehead atoms. The molecule has 1 saturated heterocycles. The molecule has 0 spiro atoms. The summed E-state index contributed by atoms with van der Waals surface area (Å²) < 4.78 is 37.2.